The maximum Gasteiger partial charge on any atom is 0.335 e. The number of nitrogens with two attached hydrogens (primary N) is 1. The number of imidazole rings is 1. The number of urea groups is 1. The number of hydrogen-bond acceptors (Lipinski definition) is 5. The number of nitrogens with one attached hydrogen (secondary N) is 1. The van der Waals surface area contributed by atoms with Gasteiger partial charge in [0, 0.05) is 31.7 Å². The zero-order valence-corrected chi connectivity index (χ0v) is 19.9. The Kier molecular flexibility index (Phi) is 7.02. The van der Waals surface area contributed by atoms with Crippen molar-refractivity contribution >= 4 is 40.6 Å². The minimum Gasteiger partial charge on any atom is -0.478 e. The van der Waals surface area contributed by atoms with E-state index in [2.05, 4.69) is 5.32 Å². The Morgan fingerprint density at radius 2 is 1.89 bits per heavy atom. The molecule has 1 aliphatic rings. The molecule has 1 aliphatic heterocycles. The summed E-state index contributed by atoms with van der Waals surface area (Å²) in [4.78, 5) is 45.3. The highest BCUT2D eigenvalue weighted by molar-refractivity contribution is 6.07. The lowest BCUT2D eigenvalue weighted by Crippen LogP contribution is -2.29. The molecule has 4 rings (SSSR count). The highest BCUT2D eigenvalue weighted by Crippen LogP contribution is 2.35. The first-order chi connectivity index (χ1) is 16.8. The fourth-order valence-corrected chi connectivity index (χ4v) is 4.42. The number of nitrogens with zero attached hydrogens (tertiary/aromatic N) is 4. The summed E-state index contributed by atoms with van der Waals surface area (Å²) in [6.07, 6.45) is 2.59. The largest absolute Gasteiger partial charge is 0.478 e. The summed E-state index contributed by atoms with van der Waals surface area (Å²) in [5, 5.41) is 12.2. The van der Waals surface area contributed by atoms with Crippen LogP contribution in [0.1, 0.15) is 52.9 Å². The summed E-state index contributed by atoms with van der Waals surface area (Å²) < 4.78 is 1.96. The maximum atomic E-state index is 13.1. The number of rotatable bonds is 9. The third-order valence-electron chi connectivity index (χ3n) is 6.31. The molecular weight excluding hydrogens is 448 g/mol. The van der Waals surface area contributed by atoms with Gasteiger partial charge in [0.05, 0.1) is 22.3 Å². The zero-order valence-electron chi connectivity index (χ0n) is 19.9. The first kappa shape index (κ1) is 24.2. The Labute approximate surface area is 203 Å². The van der Waals surface area contributed by atoms with E-state index in [0.717, 1.165) is 30.5 Å². The van der Waals surface area contributed by atoms with Crippen LogP contribution < -0.4 is 16.0 Å². The van der Waals surface area contributed by atoms with E-state index in [1.807, 2.05) is 29.7 Å². The van der Waals surface area contributed by atoms with Crippen LogP contribution in [0.2, 0.25) is 0 Å². The van der Waals surface area contributed by atoms with Crippen molar-refractivity contribution in [1.29, 1.82) is 0 Å². The monoisotopic (exact) mass is 478 g/mol. The molecule has 3 amide bonds. The van der Waals surface area contributed by atoms with Gasteiger partial charge >= 0.3 is 12.0 Å². The molecule has 10 nitrogen and oxygen atoms in total. The summed E-state index contributed by atoms with van der Waals surface area (Å²) in [5.74, 6) is -1.22. The van der Waals surface area contributed by atoms with Crippen molar-refractivity contribution in [2.24, 2.45) is 5.73 Å². The lowest BCUT2D eigenvalue weighted by Gasteiger charge is -2.22. The third kappa shape index (κ3) is 4.83. The van der Waals surface area contributed by atoms with Crippen molar-refractivity contribution < 1.29 is 19.5 Å². The van der Waals surface area contributed by atoms with E-state index < -0.39 is 11.9 Å². The minimum atomic E-state index is -1.11. The molecule has 0 unspecified atom stereocenters. The quantitative estimate of drug-likeness (QED) is 0.403. The molecule has 1 saturated heterocycles. The first-order valence-corrected chi connectivity index (χ1v) is 11.7. The van der Waals surface area contributed by atoms with Crippen LogP contribution in [-0.2, 0) is 0 Å². The average molecular weight is 479 g/mol. The summed E-state index contributed by atoms with van der Waals surface area (Å²) in [7, 11) is 1.77. The highest BCUT2D eigenvalue weighted by atomic mass is 16.4. The van der Waals surface area contributed by atoms with Crippen molar-refractivity contribution in [3.8, 4) is 0 Å². The van der Waals surface area contributed by atoms with Gasteiger partial charge in [-0.1, -0.05) is 18.6 Å². The smallest absolute Gasteiger partial charge is 0.335 e. The number of anilines is 2. The number of para-hydroxylation sites is 1. The SMILES string of the molecule is C[C@H](CCCCN)n1c(NC(=O)c2cccc(C(=O)O)c2)nc2cccc(N3CCN(C)C3=O)c21. The van der Waals surface area contributed by atoms with E-state index in [-0.39, 0.29) is 23.2 Å². The zero-order chi connectivity index (χ0) is 25.1. The van der Waals surface area contributed by atoms with Crippen molar-refractivity contribution in [2.75, 3.05) is 36.9 Å². The van der Waals surface area contributed by atoms with Gasteiger partial charge < -0.3 is 20.3 Å². The molecule has 0 saturated carbocycles. The van der Waals surface area contributed by atoms with Gasteiger partial charge in [-0.05, 0) is 56.6 Å². The predicted octanol–water partition coefficient (Wildman–Crippen LogP) is 3.55. The van der Waals surface area contributed by atoms with Gasteiger partial charge in [0.25, 0.3) is 5.91 Å². The van der Waals surface area contributed by atoms with E-state index in [1.165, 1.54) is 18.2 Å². The van der Waals surface area contributed by atoms with E-state index in [4.69, 9.17) is 10.7 Å². The molecule has 10 heteroatoms. The van der Waals surface area contributed by atoms with Gasteiger partial charge in [0.2, 0.25) is 5.95 Å². The number of carboxylic acids is 1. The predicted molar refractivity (Wildman–Crippen MR) is 134 cm³/mol. The Morgan fingerprint density at radius 3 is 2.57 bits per heavy atom. The van der Waals surface area contributed by atoms with Gasteiger partial charge in [-0.2, -0.15) is 0 Å². The van der Waals surface area contributed by atoms with Crippen LogP contribution >= 0.6 is 0 Å². The summed E-state index contributed by atoms with van der Waals surface area (Å²) >= 11 is 0. The second kappa shape index (κ2) is 10.1. The van der Waals surface area contributed by atoms with E-state index in [0.29, 0.717) is 31.1 Å². The molecule has 1 aromatic heterocycles. The number of benzene rings is 2. The fourth-order valence-electron chi connectivity index (χ4n) is 4.42. The molecular formula is C25H30N6O4. The van der Waals surface area contributed by atoms with Crippen LogP contribution in [0.15, 0.2) is 42.5 Å². The number of amides is 3. The minimum absolute atomic E-state index is 0.0280. The molecule has 0 aliphatic carbocycles. The third-order valence-corrected chi connectivity index (χ3v) is 6.31. The molecule has 0 radical (unpaired) electrons. The van der Waals surface area contributed by atoms with Crippen molar-refractivity contribution in [1.82, 2.24) is 14.5 Å². The number of aromatic carboxylic acids is 1. The van der Waals surface area contributed by atoms with Crippen LogP contribution in [0, 0.1) is 0 Å². The topological polar surface area (TPSA) is 134 Å². The molecule has 0 bridgehead atoms. The summed E-state index contributed by atoms with van der Waals surface area (Å²) in [6.45, 7) is 3.83. The standard InChI is InChI=1S/C25H30N6O4/c1-16(7-3-4-12-26)31-21-19(10-6-11-20(21)30-14-13-29(2)25(30)35)27-24(31)28-22(32)17-8-5-9-18(15-17)23(33)34/h5-6,8-11,15-16H,3-4,7,12-14,26H2,1-2H3,(H,33,34)(H,27,28,32)/t16-/m1/s1. The number of aromatic nitrogens is 2. The Hall–Kier alpha value is -3.92. The highest BCUT2D eigenvalue weighted by Gasteiger charge is 2.30. The summed E-state index contributed by atoms with van der Waals surface area (Å²) in [5.41, 5.74) is 8.10. The van der Waals surface area contributed by atoms with Crippen LogP contribution in [0.4, 0.5) is 16.4 Å². The number of carbonyl (C=O) groups is 3. The van der Waals surface area contributed by atoms with Crippen LogP contribution in [0.3, 0.4) is 0 Å². The molecule has 2 heterocycles. The Morgan fingerprint density at radius 1 is 1.14 bits per heavy atom. The van der Waals surface area contributed by atoms with Crippen molar-refractivity contribution in [3.05, 3.63) is 53.6 Å². The molecule has 1 atom stereocenters. The van der Waals surface area contributed by atoms with E-state index in [1.54, 1.807) is 22.9 Å². The van der Waals surface area contributed by atoms with Gasteiger partial charge in [-0.15, -0.1) is 0 Å². The number of carbonyl (C=O) groups excluding carboxylic acids is 2. The first-order valence-electron chi connectivity index (χ1n) is 11.7. The van der Waals surface area contributed by atoms with Crippen molar-refractivity contribution in [3.63, 3.8) is 0 Å². The van der Waals surface area contributed by atoms with Gasteiger partial charge in [-0.3, -0.25) is 15.0 Å². The van der Waals surface area contributed by atoms with Crippen LogP contribution in [0.25, 0.3) is 11.0 Å². The molecule has 4 N–H and O–H groups in total. The second-order valence-electron chi connectivity index (χ2n) is 8.78. The lowest BCUT2D eigenvalue weighted by atomic mass is 10.1. The molecule has 1 fully saturated rings. The molecule has 35 heavy (non-hydrogen) atoms. The van der Waals surface area contributed by atoms with Gasteiger partial charge in [0.1, 0.15) is 0 Å². The second-order valence-corrected chi connectivity index (χ2v) is 8.78. The number of likely N-dealkylation sites (N-methyl/N-ethyl adjacent to an activating group) is 1. The number of unbranched alkanes of at least 4 members (excludes halogenated alkanes) is 1. The van der Waals surface area contributed by atoms with Crippen molar-refractivity contribution in [2.45, 2.75) is 32.2 Å². The normalized spacial score (nSPS) is 14.5. The molecule has 184 valence electrons. The van der Waals surface area contributed by atoms with Crippen LogP contribution in [0.5, 0.6) is 0 Å². The fraction of sp³-hybridized carbons (Fsp3) is 0.360. The van der Waals surface area contributed by atoms with E-state index >= 15 is 0 Å². The Bertz CT molecular complexity index is 1270. The molecule has 0 spiro atoms. The molecule has 2 aromatic carbocycles. The number of hydrogen-bond donors (Lipinski definition) is 3. The number of fused-ring (bicyclic) bond motifs is 1. The van der Waals surface area contributed by atoms with Gasteiger partial charge in [-0.25, -0.2) is 14.6 Å². The van der Waals surface area contributed by atoms with Crippen LogP contribution in [-0.4, -0.2) is 64.1 Å². The number of carboxylic acid groups (broad SMARTS) is 1. The molecule has 3 aromatic rings. The maximum absolute atomic E-state index is 13.1. The Balaban J connectivity index is 1.77. The average Bonchev–Trinajstić information content (AvgIpc) is 3.38. The summed E-state index contributed by atoms with van der Waals surface area (Å²) in [6, 6.07) is 11.3. The van der Waals surface area contributed by atoms with E-state index in [9.17, 15) is 19.5 Å². The lowest BCUT2D eigenvalue weighted by molar-refractivity contribution is 0.0697. The van der Waals surface area contributed by atoms with Gasteiger partial charge in [0.15, 0.2) is 0 Å².